The van der Waals surface area contributed by atoms with Crippen molar-refractivity contribution in [1.29, 1.82) is 0 Å². The third-order valence-corrected chi connectivity index (χ3v) is 7.27. The molecule has 1 fully saturated rings. The average molecular weight is 396 g/mol. The molecular weight excluding hydrogens is 376 g/mol. The number of imidazole rings is 1. The van der Waals surface area contributed by atoms with Gasteiger partial charge in [0.05, 0.1) is 22.1 Å². The number of benzene rings is 1. The van der Waals surface area contributed by atoms with Crippen molar-refractivity contribution >= 4 is 32.1 Å². The van der Waals surface area contributed by atoms with Crippen LogP contribution in [0.25, 0.3) is 22.1 Å². The van der Waals surface area contributed by atoms with Crippen LogP contribution in [0, 0.1) is 0 Å². The number of pyridine rings is 1. The molecule has 0 spiro atoms. The van der Waals surface area contributed by atoms with Gasteiger partial charge in [-0.2, -0.15) is 0 Å². The lowest BCUT2D eigenvalue weighted by molar-refractivity contribution is 0.354. The topological polar surface area (TPSA) is 89.8 Å². The van der Waals surface area contributed by atoms with Crippen LogP contribution in [0.5, 0.6) is 0 Å². The number of aromatic amines is 1. The Balaban J connectivity index is 1.76. The van der Waals surface area contributed by atoms with E-state index in [1.54, 1.807) is 47.2 Å². The molecule has 0 unspecified atom stereocenters. The minimum atomic E-state index is -3.77. The third-order valence-electron chi connectivity index (χ3n) is 5.59. The number of nitrogens with one attached hydrogen (secondary N) is 1. The van der Waals surface area contributed by atoms with Gasteiger partial charge in [0.1, 0.15) is 0 Å². The van der Waals surface area contributed by atoms with Crippen molar-refractivity contribution in [1.82, 2.24) is 18.5 Å². The second-order valence-electron chi connectivity index (χ2n) is 7.28. The molecule has 28 heavy (non-hydrogen) atoms. The Bertz CT molecular complexity index is 1330. The Morgan fingerprint density at radius 2 is 1.79 bits per heavy atom. The van der Waals surface area contributed by atoms with Crippen LogP contribution >= 0.6 is 0 Å². The fraction of sp³-hybridized carbons (Fsp3) is 0.300. The lowest BCUT2D eigenvalue weighted by Gasteiger charge is -2.23. The monoisotopic (exact) mass is 396 g/mol. The minimum absolute atomic E-state index is 0.134. The summed E-state index contributed by atoms with van der Waals surface area (Å²) in [6.07, 6.45) is 8.37. The Morgan fingerprint density at radius 3 is 2.54 bits per heavy atom. The third kappa shape index (κ3) is 2.51. The summed E-state index contributed by atoms with van der Waals surface area (Å²) >= 11 is 0. The van der Waals surface area contributed by atoms with Crippen molar-refractivity contribution in [2.45, 2.75) is 43.0 Å². The molecule has 3 heterocycles. The number of nitrogens with zero attached hydrogens (tertiary/aromatic N) is 3. The molecule has 1 aliphatic carbocycles. The number of aromatic nitrogens is 4. The van der Waals surface area contributed by atoms with E-state index in [9.17, 15) is 13.2 Å². The molecule has 144 valence electrons. The van der Waals surface area contributed by atoms with Crippen molar-refractivity contribution in [3.8, 4) is 0 Å². The zero-order valence-corrected chi connectivity index (χ0v) is 16.0. The highest BCUT2D eigenvalue weighted by atomic mass is 32.2. The molecule has 8 heteroatoms. The van der Waals surface area contributed by atoms with Gasteiger partial charge < -0.3 is 4.98 Å². The zero-order chi connectivity index (χ0) is 19.3. The number of hydrogen-bond donors (Lipinski definition) is 1. The van der Waals surface area contributed by atoms with Crippen LogP contribution in [0.1, 0.15) is 38.1 Å². The first kappa shape index (κ1) is 17.2. The van der Waals surface area contributed by atoms with E-state index in [1.807, 2.05) is 0 Å². The zero-order valence-electron chi connectivity index (χ0n) is 15.2. The molecule has 0 amide bonds. The molecule has 0 radical (unpaired) electrons. The van der Waals surface area contributed by atoms with Crippen molar-refractivity contribution in [2.75, 3.05) is 0 Å². The second-order valence-corrected chi connectivity index (χ2v) is 9.09. The van der Waals surface area contributed by atoms with E-state index in [-0.39, 0.29) is 16.6 Å². The van der Waals surface area contributed by atoms with E-state index >= 15 is 0 Å². The largest absolute Gasteiger partial charge is 0.326 e. The standard InChI is InChI=1S/C20H20N4O3S/c25-20-22-17-13-21-19-16(18(17)24(20)14-7-3-1-4-8-14)11-12-23(19)28(26,27)15-9-5-2-6-10-15/h2,5-6,9-14H,1,3-4,7-8H2,(H,22,25). The lowest BCUT2D eigenvalue weighted by Crippen LogP contribution is -2.24. The van der Waals surface area contributed by atoms with E-state index in [0.29, 0.717) is 16.6 Å². The Kier molecular flexibility index (Phi) is 3.90. The van der Waals surface area contributed by atoms with E-state index in [4.69, 9.17) is 0 Å². The quantitative estimate of drug-likeness (QED) is 0.575. The van der Waals surface area contributed by atoms with Crippen molar-refractivity contribution in [2.24, 2.45) is 0 Å². The van der Waals surface area contributed by atoms with Crippen molar-refractivity contribution < 1.29 is 8.42 Å². The molecule has 1 saturated carbocycles. The summed E-state index contributed by atoms with van der Waals surface area (Å²) in [5, 5.41) is 0.668. The summed E-state index contributed by atoms with van der Waals surface area (Å²) in [6, 6.07) is 10.2. The molecule has 1 aliphatic rings. The molecule has 3 aromatic heterocycles. The summed E-state index contributed by atoms with van der Waals surface area (Å²) in [7, 11) is -3.77. The van der Waals surface area contributed by atoms with Gasteiger partial charge in [-0.25, -0.2) is 22.2 Å². The van der Waals surface area contributed by atoms with E-state index in [2.05, 4.69) is 9.97 Å². The maximum atomic E-state index is 13.1. The van der Waals surface area contributed by atoms with E-state index < -0.39 is 10.0 Å². The first-order valence-corrected chi connectivity index (χ1v) is 10.9. The van der Waals surface area contributed by atoms with Crippen LogP contribution in [-0.2, 0) is 10.0 Å². The molecule has 4 aromatic rings. The SMILES string of the molecule is O=c1[nH]c2cnc3c(ccn3S(=O)(=O)c3ccccc3)c2n1C1CCCCC1. The molecule has 0 saturated heterocycles. The van der Waals surface area contributed by atoms with Gasteiger partial charge in [-0.15, -0.1) is 0 Å². The van der Waals surface area contributed by atoms with Crippen molar-refractivity contribution in [3.63, 3.8) is 0 Å². The van der Waals surface area contributed by atoms with Gasteiger partial charge >= 0.3 is 5.69 Å². The number of rotatable bonds is 3. The smallest absolute Gasteiger partial charge is 0.304 e. The first-order chi connectivity index (χ1) is 13.6. The summed E-state index contributed by atoms with van der Waals surface area (Å²) in [4.78, 5) is 20.1. The maximum absolute atomic E-state index is 13.1. The van der Waals surface area contributed by atoms with Crippen LogP contribution in [0.15, 0.2) is 58.5 Å². The summed E-state index contributed by atoms with van der Waals surface area (Å²) in [6.45, 7) is 0. The van der Waals surface area contributed by atoms with Gasteiger partial charge in [-0.1, -0.05) is 37.5 Å². The Labute approximate surface area is 161 Å². The minimum Gasteiger partial charge on any atom is -0.304 e. The Morgan fingerprint density at radius 1 is 1.04 bits per heavy atom. The van der Waals surface area contributed by atoms with Crippen LogP contribution in [0.2, 0.25) is 0 Å². The highest BCUT2D eigenvalue weighted by molar-refractivity contribution is 7.90. The molecule has 1 aromatic carbocycles. The number of H-pyrrole nitrogens is 1. The second kappa shape index (κ2) is 6.34. The fourth-order valence-corrected chi connectivity index (χ4v) is 5.59. The fourth-order valence-electron chi connectivity index (χ4n) is 4.26. The van der Waals surface area contributed by atoms with Crippen LogP contribution in [0.3, 0.4) is 0 Å². The van der Waals surface area contributed by atoms with Gasteiger partial charge in [0.25, 0.3) is 10.0 Å². The van der Waals surface area contributed by atoms with E-state index in [1.165, 1.54) is 16.6 Å². The predicted octanol–water partition coefficient (Wildman–Crippen LogP) is 3.42. The maximum Gasteiger partial charge on any atom is 0.326 e. The van der Waals surface area contributed by atoms with Gasteiger partial charge in [0.15, 0.2) is 5.65 Å². The normalized spacial score (nSPS) is 16.1. The lowest BCUT2D eigenvalue weighted by atomic mass is 9.95. The highest BCUT2D eigenvalue weighted by Crippen LogP contribution is 2.32. The van der Waals surface area contributed by atoms with Crippen molar-refractivity contribution in [3.05, 3.63) is 59.3 Å². The van der Waals surface area contributed by atoms with E-state index in [0.717, 1.165) is 31.2 Å². The first-order valence-electron chi connectivity index (χ1n) is 9.48. The molecule has 0 atom stereocenters. The van der Waals surface area contributed by atoms with Gasteiger partial charge in [-0.05, 0) is 31.0 Å². The summed E-state index contributed by atoms with van der Waals surface area (Å²) in [5.41, 5.74) is 1.55. The molecule has 1 N–H and O–H groups in total. The summed E-state index contributed by atoms with van der Waals surface area (Å²) < 4.78 is 29.2. The van der Waals surface area contributed by atoms with Crippen LogP contribution in [-0.4, -0.2) is 26.9 Å². The van der Waals surface area contributed by atoms with Gasteiger partial charge in [-0.3, -0.25) is 4.57 Å². The highest BCUT2D eigenvalue weighted by Gasteiger charge is 2.25. The van der Waals surface area contributed by atoms with Crippen LogP contribution in [0.4, 0.5) is 0 Å². The number of hydrogen-bond acceptors (Lipinski definition) is 4. The van der Waals surface area contributed by atoms with Gasteiger partial charge in [0.2, 0.25) is 0 Å². The molecule has 0 bridgehead atoms. The predicted molar refractivity (Wildman–Crippen MR) is 107 cm³/mol. The average Bonchev–Trinajstić information content (AvgIpc) is 3.30. The summed E-state index contributed by atoms with van der Waals surface area (Å²) in [5.74, 6) is 0. The molecule has 0 aliphatic heterocycles. The Hall–Kier alpha value is -2.87. The van der Waals surface area contributed by atoms with Crippen LogP contribution < -0.4 is 5.69 Å². The van der Waals surface area contributed by atoms with Gasteiger partial charge in [0, 0.05) is 17.6 Å². The molecular formula is C20H20N4O3S. The number of fused-ring (bicyclic) bond motifs is 3. The molecule has 7 nitrogen and oxygen atoms in total. The molecule has 5 rings (SSSR count).